The summed E-state index contributed by atoms with van der Waals surface area (Å²) in [6.07, 6.45) is 0.490. The Kier molecular flexibility index (Phi) is 2.19. The van der Waals surface area contributed by atoms with E-state index in [1.165, 1.54) is 12.1 Å². The molecule has 0 saturated carbocycles. The normalized spacial score (nSPS) is 10.6. The Hall–Kier alpha value is -2.24. The lowest BCUT2D eigenvalue weighted by Crippen LogP contribution is -1.96. The number of aryl methyl sites for hydroxylation is 2. The number of aromatic nitrogens is 2. The fourth-order valence-electron chi connectivity index (χ4n) is 1.74. The van der Waals surface area contributed by atoms with Gasteiger partial charge < -0.3 is 0 Å². The van der Waals surface area contributed by atoms with Crippen LogP contribution in [0.1, 0.15) is 16.1 Å². The molecule has 16 heavy (non-hydrogen) atoms. The van der Waals surface area contributed by atoms with Crippen LogP contribution in [0.2, 0.25) is 0 Å². The third-order valence-electron chi connectivity index (χ3n) is 2.51. The molecule has 2 aromatic rings. The van der Waals surface area contributed by atoms with Crippen LogP contribution in [-0.2, 0) is 7.05 Å². The molecule has 0 amide bonds. The number of hydrogen-bond acceptors (Lipinski definition) is 4. The minimum absolute atomic E-state index is 0.0774. The lowest BCUT2D eigenvalue weighted by molar-refractivity contribution is -0.384. The van der Waals surface area contributed by atoms with Crippen LogP contribution in [0, 0.1) is 17.0 Å². The molecule has 0 aliphatic rings. The Morgan fingerprint density at radius 3 is 2.75 bits per heavy atom. The molecule has 0 saturated heterocycles. The number of carbonyl (C=O) groups excluding carboxylic acids is 1. The average molecular weight is 219 g/mol. The fourth-order valence-corrected chi connectivity index (χ4v) is 1.74. The van der Waals surface area contributed by atoms with Gasteiger partial charge in [0.2, 0.25) is 0 Å². The summed E-state index contributed by atoms with van der Waals surface area (Å²) < 4.78 is 1.56. The van der Waals surface area contributed by atoms with E-state index < -0.39 is 4.92 Å². The number of rotatable bonds is 2. The van der Waals surface area contributed by atoms with Crippen molar-refractivity contribution in [2.24, 2.45) is 7.05 Å². The molecule has 82 valence electrons. The van der Waals surface area contributed by atoms with Gasteiger partial charge in [-0.2, -0.15) is 5.10 Å². The van der Waals surface area contributed by atoms with Crippen LogP contribution >= 0.6 is 0 Å². The van der Waals surface area contributed by atoms with Crippen molar-refractivity contribution in [3.05, 3.63) is 33.5 Å². The number of nitro benzene ring substituents is 1. The number of aldehydes is 1. The molecule has 0 unspecified atom stereocenters. The zero-order chi connectivity index (χ0) is 11.9. The zero-order valence-electron chi connectivity index (χ0n) is 8.80. The van der Waals surface area contributed by atoms with Crippen LogP contribution in [0.4, 0.5) is 5.69 Å². The smallest absolute Gasteiger partial charge is 0.282 e. The lowest BCUT2D eigenvalue weighted by Gasteiger charge is -1.98. The fraction of sp³-hybridized carbons (Fsp3) is 0.200. The molecule has 0 N–H and O–H groups in total. The molecule has 1 aromatic carbocycles. The van der Waals surface area contributed by atoms with Crippen molar-refractivity contribution in [1.82, 2.24) is 9.78 Å². The van der Waals surface area contributed by atoms with E-state index in [1.807, 2.05) is 0 Å². The molecule has 6 nitrogen and oxygen atoms in total. The van der Waals surface area contributed by atoms with Crippen molar-refractivity contribution in [3.63, 3.8) is 0 Å². The molecule has 6 heteroatoms. The third-order valence-corrected chi connectivity index (χ3v) is 2.51. The number of hydrogen-bond donors (Lipinski definition) is 0. The highest BCUT2D eigenvalue weighted by Crippen LogP contribution is 2.26. The maximum Gasteiger partial charge on any atom is 0.282 e. The summed E-state index contributed by atoms with van der Waals surface area (Å²) >= 11 is 0. The van der Waals surface area contributed by atoms with Gasteiger partial charge in [-0.1, -0.05) is 0 Å². The van der Waals surface area contributed by atoms with Gasteiger partial charge in [0.25, 0.3) is 5.69 Å². The van der Waals surface area contributed by atoms with E-state index in [-0.39, 0.29) is 11.3 Å². The molecular formula is C10H9N3O3. The van der Waals surface area contributed by atoms with E-state index in [0.717, 1.165) is 11.1 Å². The SMILES string of the molecule is Cc1nn(C)c2cc([N+](=O)[O-])c(C=O)cc12. The van der Waals surface area contributed by atoms with E-state index in [0.29, 0.717) is 11.8 Å². The molecule has 0 aliphatic carbocycles. The molecular weight excluding hydrogens is 210 g/mol. The first-order chi connectivity index (χ1) is 7.54. The first-order valence-corrected chi connectivity index (χ1v) is 4.61. The predicted octanol–water partition coefficient (Wildman–Crippen LogP) is 1.60. The highest BCUT2D eigenvalue weighted by Gasteiger charge is 2.17. The first-order valence-electron chi connectivity index (χ1n) is 4.61. The van der Waals surface area contributed by atoms with Gasteiger partial charge in [-0.25, -0.2) is 0 Å². The largest absolute Gasteiger partial charge is 0.298 e. The Labute approximate surface area is 90.6 Å². The van der Waals surface area contributed by atoms with E-state index in [4.69, 9.17) is 0 Å². The molecule has 0 radical (unpaired) electrons. The van der Waals surface area contributed by atoms with Crippen LogP contribution in [0.15, 0.2) is 12.1 Å². The van der Waals surface area contributed by atoms with Crippen LogP contribution in [-0.4, -0.2) is 21.0 Å². The molecule has 1 aromatic heterocycles. The van der Waals surface area contributed by atoms with Crippen molar-refractivity contribution in [2.45, 2.75) is 6.92 Å². The Bertz CT molecular complexity index is 601. The standard InChI is InChI=1S/C10H9N3O3/c1-6-8-3-7(5-14)9(13(15)16)4-10(8)12(2)11-6/h3-5H,1-2H3. The molecule has 0 aliphatic heterocycles. The van der Waals surface area contributed by atoms with Gasteiger partial charge in [0.05, 0.1) is 21.7 Å². The zero-order valence-corrected chi connectivity index (χ0v) is 8.80. The molecule has 1 heterocycles. The highest BCUT2D eigenvalue weighted by atomic mass is 16.6. The van der Waals surface area contributed by atoms with Gasteiger partial charge in [0.1, 0.15) is 0 Å². The summed E-state index contributed by atoms with van der Waals surface area (Å²) in [5, 5.41) is 15.7. The topological polar surface area (TPSA) is 78.0 Å². The average Bonchev–Trinajstić information content (AvgIpc) is 2.52. The van der Waals surface area contributed by atoms with E-state index in [2.05, 4.69) is 5.10 Å². The second-order valence-corrected chi connectivity index (χ2v) is 3.51. The van der Waals surface area contributed by atoms with E-state index >= 15 is 0 Å². The predicted molar refractivity (Wildman–Crippen MR) is 57.5 cm³/mol. The Morgan fingerprint density at radius 2 is 2.19 bits per heavy atom. The summed E-state index contributed by atoms with van der Waals surface area (Å²) in [7, 11) is 1.71. The summed E-state index contributed by atoms with van der Waals surface area (Å²) in [6, 6.07) is 2.88. The number of fused-ring (bicyclic) bond motifs is 1. The van der Waals surface area contributed by atoms with Crippen molar-refractivity contribution < 1.29 is 9.72 Å². The van der Waals surface area contributed by atoms with E-state index in [1.54, 1.807) is 18.7 Å². The van der Waals surface area contributed by atoms with Gasteiger partial charge in [-0.15, -0.1) is 0 Å². The van der Waals surface area contributed by atoms with Gasteiger partial charge in [-0.05, 0) is 13.0 Å². The summed E-state index contributed by atoms with van der Waals surface area (Å²) in [4.78, 5) is 21.0. The summed E-state index contributed by atoms with van der Waals surface area (Å²) in [5.41, 5.74) is 1.28. The van der Waals surface area contributed by atoms with Crippen molar-refractivity contribution in [1.29, 1.82) is 0 Å². The van der Waals surface area contributed by atoms with Crippen molar-refractivity contribution in [3.8, 4) is 0 Å². The second-order valence-electron chi connectivity index (χ2n) is 3.51. The van der Waals surface area contributed by atoms with Crippen LogP contribution in [0.3, 0.4) is 0 Å². The van der Waals surface area contributed by atoms with E-state index in [9.17, 15) is 14.9 Å². The molecule has 0 spiro atoms. The van der Waals surface area contributed by atoms with Crippen molar-refractivity contribution in [2.75, 3.05) is 0 Å². The molecule has 0 bridgehead atoms. The van der Waals surface area contributed by atoms with Gasteiger partial charge in [0, 0.05) is 18.5 Å². The van der Waals surface area contributed by atoms with Crippen LogP contribution in [0.5, 0.6) is 0 Å². The molecule has 0 fully saturated rings. The highest BCUT2D eigenvalue weighted by molar-refractivity contribution is 5.93. The summed E-state index contributed by atoms with van der Waals surface area (Å²) in [6.45, 7) is 1.79. The van der Waals surface area contributed by atoms with Gasteiger partial charge >= 0.3 is 0 Å². The van der Waals surface area contributed by atoms with Gasteiger partial charge in [-0.3, -0.25) is 19.6 Å². The summed E-state index contributed by atoms with van der Waals surface area (Å²) in [5.74, 6) is 0. The van der Waals surface area contributed by atoms with Crippen LogP contribution in [0.25, 0.3) is 10.9 Å². The van der Waals surface area contributed by atoms with Crippen molar-refractivity contribution >= 4 is 22.9 Å². The maximum atomic E-state index is 10.8. The third kappa shape index (κ3) is 1.35. The quantitative estimate of drug-likeness (QED) is 0.436. The number of benzene rings is 1. The van der Waals surface area contributed by atoms with Gasteiger partial charge in [0.15, 0.2) is 6.29 Å². The number of nitro groups is 1. The maximum absolute atomic E-state index is 10.8. The molecule has 2 rings (SSSR count). The lowest BCUT2D eigenvalue weighted by atomic mass is 10.1. The number of nitrogens with zero attached hydrogens (tertiary/aromatic N) is 3. The second kappa shape index (κ2) is 3.41. The minimum Gasteiger partial charge on any atom is -0.298 e. The molecule has 0 atom stereocenters. The monoisotopic (exact) mass is 219 g/mol. The minimum atomic E-state index is -0.564. The number of carbonyl (C=O) groups is 1. The van der Waals surface area contributed by atoms with Crippen LogP contribution < -0.4 is 0 Å². The Morgan fingerprint density at radius 1 is 1.50 bits per heavy atom. The first kappa shape index (κ1) is 10.3. The Balaban J connectivity index is 2.88.